The lowest BCUT2D eigenvalue weighted by molar-refractivity contribution is -0.154. The Morgan fingerprint density at radius 2 is 1.87 bits per heavy atom. The van der Waals surface area contributed by atoms with Crippen LogP contribution in [-0.2, 0) is 4.79 Å². The van der Waals surface area contributed by atoms with Gasteiger partial charge in [-0.25, -0.2) is 9.97 Å². The van der Waals surface area contributed by atoms with E-state index in [0.717, 1.165) is 11.1 Å². The average molecular weight is 430 g/mol. The zero-order valence-corrected chi connectivity index (χ0v) is 16.2. The zero-order valence-electron chi connectivity index (χ0n) is 16.2. The number of benzene rings is 1. The van der Waals surface area contributed by atoms with Crippen LogP contribution in [0.1, 0.15) is 22.3 Å². The van der Waals surface area contributed by atoms with Crippen molar-refractivity contribution in [2.75, 3.05) is 5.32 Å². The van der Waals surface area contributed by atoms with Crippen LogP contribution in [0.3, 0.4) is 0 Å². The zero-order chi connectivity index (χ0) is 22.4. The normalized spacial score (nSPS) is 11.0. The van der Waals surface area contributed by atoms with E-state index in [9.17, 15) is 22.8 Å². The van der Waals surface area contributed by atoms with Crippen molar-refractivity contribution in [1.29, 1.82) is 0 Å². The lowest BCUT2D eigenvalue weighted by atomic mass is 10.1. The minimum Gasteiger partial charge on any atom is -0.324 e. The summed E-state index contributed by atoms with van der Waals surface area (Å²) < 4.78 is 36.6. The number of halogens is 3. The molecule has 0 aliphatic heterocycles. The second-order valence-corrected chi connectivity index (χ2v) is 6.46. The Morgan fingerprint density at radius 1 is 1.06 bits per heavy atom. The van der Waals surface area contributed by atoms with E-state index in [1.54, 1.807) is 49.1 Å². The number of hydrazine groups is 1. The fraction of sp³-hybridized carbons (Fsp3) is 0.150. The van der Waals surface area contributed by atoms with Crippen LogP contribution in [0.25, 0.3) is 11.3 Å². The molecule has 2 amide bonds. The minimum absolute atomic E-state index is 0.115. The number of anilines is 2. The number of rotatable bonds is 5. The second kappa shape index (κ2) is 9.20. The van der Waals surface area contributed by atoms with E-state index in [-0.39, 0.29) is 11.5 Å². The monoisotopic (exact) mass is 430 g/mol. The van der Waals surface area contributed by atoms with E-state index < -0.39 is 24.4 Å². The molecule has 0 fully saturated rings. The molecule has 1 aromatic carbocycles. The summed E-state index contributed by atoms with van der Waals surface area (Å²) in [4.78, 5) is 36.1. The van der Waals surface area contributed by atoms with E-state index in [4.69, 9.17) is 0 Å². The van der Waals surface area contributed by atoms with Gasteiger partial charge >= 0.3 is 6.18 Å². The molecule has 3 aromatic rings. The molecule has 160 valence electrons. The van der Waals surface area contributed by atoms with Crippen molar-refractivity contribution in [2.45, 2.75) is 19.5 Å². The molecule has 11 heteroatoms. The number of amides is 2. The van der Waals surface area contributed by atoms with Crippen LogP contribution in [-0.4, -0.2) is 32.9 Å². The number of aromatic nitrogens is 3. The third kappa shape index (κ3) is 6.23. The van der Waals surface area contributed by atoms with E-state index in [1.807, 2.05) is 11.5 Å². The highest BCUT2D eigenvalue weighted by atomic mass is 19.4. The molecule has 0 radical (unpaired) electrons. The Balaban J connectivity index is 1.72. The number of carbonyl (C=O) groups excluding carboxylic acids is 2. The lowest BCUT2D eigenvalue weighted by Gasteiger charge is -2.12. The number of hydrogen-bond donors (Lipinski definition) is 3. The molecule has 0 saturated carbocycles. The van der Waals surface area contributed by atoms with Crippen molar-refractivity contribution < 1.29 is 22.8 Å². The summed E-state index contributed by atoms with van der Waals surface area (Å²) in [7, 11) is 0. The third-order valence-corrected chi connectivity index (χ3v) is 4.04. The maximum Gasteiger partial charge on any atom is 0.397 e. The minimum atomic E-state index is -4.67. The number of carbonyl (C=O) groups is 2. The van der Waals surface area contributed by atoms with Crippen LogP contribution >= 0.6 is 0 Å². The van der Waals surface area contributed by atoms with Gasteiger partial charge < -0.3 is 5.32 Å². The Bertz CT molecular complexity index is 1090. The number of nitrogens with zero attached hydrogens (tertiary/aromatic N) is 3. The van der Waals surface area contributed by atoms with Gasteiger partial charge in [-0.3, -0.25) is 25.4 Å². The molecule has 8 nitrogen and oxygen atoms in total. The highest BCUT2D eigenvalue weighted by molar-refractivity contribution is 5.96. The molecular formula is C20H17F3N6O2. The summed E-state index contributed by atoms with van der Waals surface area (Å²) in [6, 6.07) is 9.94. The molecule has 0 aliphatic carbocycles. The van der Waals surface area contributed by atoms with Gasteiger partial charge in [0.15, 0.2) is 0 Å². The Labute approximate surface area is 174 Å². The van der Waals surface area contributed by atoms with Crippen LogP contribution in [0.5, 0.6) is 0 Å². The van der Waals surface area contributed by atoms with E-state index in [0.29, 0.717) is 11.4 Å². The number of aryl methyl sites for hydroxylation is 1. The highest BCUT2D eigenvalue weighted by Gasteiger charge is 2.31. The summed E-state index contributed by atoms with van der Waals surface area (Å²) in [5.74, 6) is -1.86. The van der Waals surface area contributed by atoms with Crippen LogP contribution in [0, 0.1) is 6.92 Å². The van der Waals surface area contributed by atoms with Crippen molar-refractivity contribution in [3.05, 3.63) is 66.1 Å². The molecule has 3 rings (SSSR count). The molecule has 2 heterocycles. The van der Waals surface area contributed by atoms with Gasteiger partial charge in [0.2, 0.25) is 11.9 Å². The summed E-state index contributed by atoms with van der Waals surface area (Å²) in [5, 5.41) is 3.01. The van der Waals surface area contributed by atoms with Crippen LogP contribution in [0.15, 0.2) is 55.0 Å². The predicted molar refractivity (Wildman–Crippen MR) is 106 cm³/mol. The van der Waals surface area contributed by atoms with E-state index in [2.05, 4.69) is 20.3 Å². The van der Waals surface area contributed by atoms with E-state index >= 15 is 0 Å². The first kappa shape index (κ1) is 21.7. The molecule has 0 unspecified atom stereocenters. The quantitative estimate of drug-likeness (QED) is 0.536. The molecule has 0 atom stereocenters. The molecular weight excluding hydrogens is 413 g/mol. The van der Waals surface area contributed by atoms with Crippen LogP contribution < -0.4 is 16.2 Å². The molecule has 0 bridgehead atoms. The van der Waals surface area contributed by atoms with Crippen molar-refractivity contribution in [1.82, 2.24) is 25.8 Å². The number of hydrogen-bond acceptors (Lipinski definition) is 6. The van der Waals surface area contributed by atoms with Gasteiger partial charge in [-0.15, -0.1) is 0 Å². The Hall–Kier alpha value is -4.02. The van der Waals surface area contributed by atoms with Crippen molar-refractivity contribution in [2.24, 2.45) is 0 Å². The molecule has 2 aromatic heterocycles. The molecule has 0 saturated heterocycles. The van der Waals surface area contributed by atoms with Gasteiger partial charge in [0.05, 0.1) is 5.69 Å². The fourth-order valence-corrected chi connectivity index (χ4v) is 2.54. The summed E-state index contributed by atoms with van der Waals surface area (Å²) >= 11 is 0. The van der Waals surface area contributed by atoms with Gasteiger partial charge in [0, 0.05) is 35.4 Å². The molecule has 0 aliphatic rings. The van der Waals surface area contributed by atoms with Crippen LogP contribution in [0.2, 0.25) is 0 Å². The number of alkyl halides is 3. The first-order chi connectivity index (χ1) is 14.7. The van der Waals surface area contributed by atoms with Gasteiger partial charge in [-0.05, 0) is 42.8 Å². The highest BCUT2D eigenvalue weighted by Crippen LogP contribution is 2.22. The first-order valence-electron chi connectivity index (χ1n) is 8.98. The van der Waals surface area contributed by atoms with Crippen molar-refractivity contribution >= 4 is 23.5 Å². The largest absolute Gasteiger partial charge is 0.397 e. The Morgan fingerprint density at radius 3 is 2.58 bits per heavy atom. The van der Waals surface area contributed by atoms with Gasteiger partial charge in [0.25, 0.3) is 5.91 Å². The smallest absolute Gasteiger partial charge is 0.324 e. The predicted octanol–water partition coefficient (Wildman–Crippen LogP) is 3.30. The average Bonchev–Trinajstić information content (AvgIpc) is 2.73. The standard InChI is InChI=1S/C20H17F3N6O2/c1-12-4-5-13(18(31)29-28-17(30)10-20(21,22)23)9-16(12)27-19-25-8-6-15(26-19)14-3-2-7-24-11-14/h2-9,11H,10H2,1H3,(H,28,30)(H,29,31)(H,25,26,27). The molecule has 0 spiro atoms. The van der Waals surface area contributed by atoms with Crippen molar-refractivity contribution in [3.8, 4) is 11.3 Å². The SMILES string of the molecule is Cc1ccc(C(=O)NNC(=O)CC(F)(F)F)cc1Nc1nccc(-c2cccnc2)n1. The number of nitrogens with one attached hydrogen (secondary N) is 3. The number of pyridine rings is 1. The summed E-state index contributed by atoms with van der Waals surface area (Å²) in [6.07, 6.45) is -1.48. The maximum absolute atomic E-state index is 12.2. The first-order valence-corrected chi connectivity index (χ1v) is 8.98. The van der Waals surface area contributed by atoms with Gasteiger partial charge in [0.1, 0.15) is 6.42 Å². The van der Waals surface area contributed by atoms with Crippen molar-refractivity contribution in [3.63, 3.8) is 0 Å². The topological polar surface area (TPSA) is 109 Å². The molecule has 31 heavy (non-hydrogen) atoms. The van der Waals surface area contributed by atoms with E-state index in [1.165, 1.54) is 12.1 Å². The summed E-state index contributed by atoms with van der Waals surface area (Å²) in [5.41, 5.74) is 6.53. The third-order valence-electron chi connectivity index (χ3n) is 4.04. The fourth-order valence-electron chi connectivity index (χ4n) is 2.54. The maximum atomic E-state index is 12.2. The lowest BCUT2D eigenvalue weighted by Crippen LogP contribution is -2.43. The van der Waals surface area contributed by atoms with Gasteiger partial charge in [-0.2, -0.15) is 13.2 Å². The van der Waals surface area contributed by atoms with Gasteiger partial charge in [-0.1, -0.05) is 6.07 Å². The Kier molecular flexibility index (Phi) is 6.43. The van der Waals surface area contributed by atoms with Crippen LogP contribution in [0.4, 0.5) is 24.8 Å². The summed E-state index contributed by atoms with van der Waals surface area (Å²) in [6.45, 7) is 1.79. The second-order valence-electron chi connectivity index (χ2n) is 6.46. The molecule has 3 N–H and O–H groups in total.